The van der Waals surface area contributed by atoms with Gasteiger partial charge in [0.05, 0.1) is 18.4 Å². The zero-order valence-electron chi connectivity index (χ0n) is 13.6. The maximum Gasteiger partial charge on any atom is 0.325 e. The van der Waals surface area contributed by atoms with Gasteiger partial charge >= 0.3 is 5.97 Å². The summed E-state index contributed by atoms with van der Waals surface area (Å²) in [5.41, 5.74) is 1.22. The molecule has 0 saturated carbocycles. The predicted molar refractivity (Wildman–Crippen MR) is 91.3 cm³/mol. The first-order valence-electron chi connectivity index (χ1n) is 8.00. The van der Waals surface area contributed by atoms with Gasteiger partial charge in [-0.1, -0.05) is 29.1 Å². The second kappa shape index (κ2) is 6.13. The molecular weight excluding hydrogens is 358 g/mol. The minimum Gasteiger partial charge on any atom is -0.480 e. The van der Waals surface area contributed by atoms with E-state index in [0.717, 1.165) is 10.6 Å². The summed E-state index contributed by atoms with van der Waals surface area (Å²) in [4.78, 5) is 37.5. The third-order valence-electron chi connectivity index (χ3n) is 4.34. The van der Waals surface area contributed by atoms with E-state index in [1.165, 1.54) is 22.6 Å². The second-order valence-electron chi connectivity index (χ2n) is 6.07. The number of hydrogen-bond acceptors (Lipinski definition) is 6. The number of nitrogens with zero attached hydrogens (tertiary/aromatic N) is 4. The van der Waals surface area contributed by atoms with E-state index in [2.05, 4.69) is 15.6 Å². The molecule has 134 valence electrons. The van der Waals surface area contributed by atoms with Gasteiger partial charge in [0.25, 0.3) is 5.91 Å². The molecule has 0 aliphatic carbocycles. The summed E-state index contributed by atoms with van der Waals surface area (Å²) in [6.07, 6.45) is 2.23. The smallest absolute Gasteiger partial charge is 0.325 e. The summed E-state index contributed by atoms with van der Waals surface area (Å²) in [6.45, 7) is -0.183. The summed E-state index contributed by atoms with van der Waals surface area (Å²) < 4.78 is 1.19. The van der Waals surface area contributed by atoms with Crippen molar-refractivity contribution in [3.8, 4) is 0 Å². The van der Waals surface area contributed by atoms with Gasteiger partial charge in [0.15, 0.2) is 4.87 Å². The number of fused-ring (bicyclic) bond motifs is 3. The van der Waals surface area contributed by atoms with Gasteiger partial charge in [-0.05, 0) is 18.6 Å². The average molecular weight is 373 g/mol. The lowest BCUT2D eigenvalue weighted by Crippen LogP contribution is -2.52. The van der Waals surface area contributed by atoms with Crippen LogP contribution in [0.5, 0.6) is 0 Å². The van der Waals surface area contributed by atoms with Crippen LogP contribution in [0.25, 0.3) is 0 Å². The largest absolute Gasteiger partial charge is 0.480 e. The molecule has 1 aromatic heterocycles. The lowest BCUT2D eigenvalue weighted by atomic mass is 10.2. The number of carbonyl (C=O) groups is 3. The van der Waals surface area contributed by atoms with Crippen molar-refractivity contribution in [1.82, 2.24) is 20.3 Å². The minimum atomic E-state index is -1.02. The summed E-state index contributed by atoms with van der Waals surface area (Å²) in [5, 5.41) is 19.1. The number of carbonyl (C=O) groups excluding carboxylic acids is 2. The van der Waals surface area contributed by atoms with E-state index in [4.69, 9.17) is 5.11 Å². The minimum absolute atomic E-state index is 0.0648. The van der Waals surface area contributed by atoms with Gasteiger partial charge in [-0.2, -0.15) is 0 Å². The van der Waals surface area contributed by atoms with Crippen LogP contribution in [-0.4, -0.2) is 42.8 Å². The molecule has 0 spiro atoms. The Morgan fingerprint density at radius 2 is 2.15 bits per heavy atom. The maximum absolute atomic E-state index is 12.9. The van der Waals surface area contributed by atoms with Crippen molar-refractivity contribution < 1.29 is 19.5 Å². The number of benzene rings is 1. The van der Waals surface area contributed by atoms with Crippen molar-refractivity contribution in [2.24, 2.45) is 0 Å². The quantitative estimate of drug-likeness (QED) is 0.788. The number of aliphatic carboxylic acids is 1. The number of thioether (sulfide) groups is 1. The van der Waals surface area contributed by atoms with Crippen molar-refractivity contribution in [1.29, 1.82) is 0 Å². The monoisotopic (exact) mass is 373 g/mol. The van der Waals surface area contributed by atoms with Crippen LogP contribution in [0.1, 0.15) is 18.5 Å². The number of aromatic nitrogens is 3. The number of rotatable bonds is 5. The molecule has 2 N–H and O–H groups in total. The molecule has 2 aliphatic rings. The fourth-order valence-electron chi connectivity index (χ4n) is 3.24. The molecule has 1 saturated heterocycles. The Bertz CT molecular complexity index is 914. The fraction of sp³-hybridized carbons (Fsp3) is 0.312. The highest BCUT2D eigenvalue weighted by atomic mass is 32.2. The molecule has 1 atom stereocenters. The number of carboxylic acids is 1. The molecule has 0 bridgehead atoms. The predicted octanol–water partition coefficient (Wildman–Crippen LogP) is 0.608. The summed E-state index contributed by atoms with van der Waals surface area (Å²) in [6, 6.07) is 7.47. The fourth-order valence-corrected chi connectivity index (χ4v) is 4.68. The van der Waals surface area contributed by atoms with Crippen LogP contribution in [0.3, 0.4) is 0 Å². The summed E-state index contributed by atoms with van der Waals surface area (Å²) in [7, 11) is 0. The first kappa shape index (κ1) is 16.6. The Labute approximate surface area is 152 Å². The van der Waals surface area contributed by atoms with Crippen LogP contribution in [0.2, 0.25) is 0 Å². The molecule has 26 heavy (non-hydrogen) atoms. The van der Waals surface area contributed by atoms with Crippen molar-refractivity contribution in [3.63, 3.8) is 0 Å². The molecule has 3 heterocycles. The average Bonchev–Trinajstić information content (AvgIpc) is 3.27. The van der Waals surface area contributed by atoms with E-state index in [-0.39, 0.29) is 24.9 Å². The molecular formula is C16H15N5O4S. The highest BCUT2D eigenvalue weighted by Gasteiger charge is 2.57. The van der Waals surface area contributed by atoms with Gasteiger partial charge in [-0.3, -0.25) is 19.3 Å². The lowest BCUT2D eigenvalue weighted by Gasteiger charge is -2.29. The molecule has 4 rings (SSSR count). The van der Waals surface area contributed by atoms with E-state index < -0.39 is 10.8 Å². The Balaban J connectivity index is 1.50. The Hall–Kier alpha value is -2.88. The molecule has 2 aliphatic heterocycles. The number of carboxylic acid groups (broad SMARTS) is 1. The number of para-hydroxylation sites is 1. The number of hydrogen-bond donors (Lipinski definition) is 2. The molecule has 1 unspecified atom stereocenters. The molecule has 2 amide bonds. The first-order valence-corrected chi connectivity index (χ1v) is 8.81. The van der Waals surface area contributed by atoms with Crippen LogP contribution < -0.4 is 10.2 Å². The van der Waals surface area contributed by atoms with Gasteiger partial charge in [0, 0.05) is 11.3 Å². The van der Waals surface area contributed by atoms with E-state index >= 15 is 0 Å². The Morgan fingerprint density at radius 1 is 1.35 bits per heavy atom. The van der Waals surface area contributed by atoms with E-state index in [9.17, 15) is 14.4 Å². The van der Waals surface area contributed by atoms with Gasteiger partial charge in [-0.25, -0.2) is 4.68 Å². The van der Waals surface area contributed by atoms with Gasteiger partial charge < -0.3 is 10.4 Å². The van der Waals surface area contributed by atoms with Crippen LogP contribution in [0.4, 0.5) is 5.69 Å². The van der Waals surface area contributed by atoms with Gasteiger partial charge in [0.1, 0.15) is 12.2 Å². The molecule has 2 aromatic rings. The normalized spacial score (nSPS) is 20.8. The highest BCUT2D eigenvalue weighted by molar-refractivity contribution is 8.02. The third-order valence-corrected chi connectivity index (χ3v) is 5.82. The third kappa shape index (κ3) is 2.62. The van der Waals surface area contributed by atoms with Crippen LogP contribution in [0, 0.1) is 0 Å². The van der Waals surface area contributed by atoms with E-state index in [1.54, 1.807) is 4.90 Å². The number of amides is 2. The van der Waals surface area contributed by atoms with E-state index in [0.29, 0.717) is 18.5 Å². The van der Waals surface area contributed by atoms with Crippen molar-refractivity contribution in [2.45, 2.75) is 35.7 Å². The second-order valence-corrected chi connectivity index (χ2v) is 7.39. The van der Waals surface area contributed by atoms with Crippen LogP contribution in [-0.2, 0) is 27.5 Å². The van der Waals surface area contributed by atoms with Crippen LogP contribution in [0.15, 0.2) is 35.4 Å². The van der Waals surface area contributed by atoms with Crippen molar-refractivity contribution in [3.05, 3.63) is 36.2 Å². The number of nitrogens with one attached hydrogen (secondary N) is 1. The molecule has 1 fully saturated rings. The van der Waals surface area contributed by atoms with Gasteiger partial charge in [-0.15, -0.1) is 5.10 Å². The Kier molecular flexibility index (Phi) is 3.91. The SMILES string of the molecule is O=C(O)Cn1cc(CNC(=O)C23CCC(=O)N2c2ccccc2S3)nn1. The molecule has 0 radical (unpaired) electrons. The highest BCUT2D eigenvalue weighted by Crippen LogP contribution is 2.55. The molecule has 10 heteroatoms. The maximum atomic E-state index is 12.9. The lowest BCUT2D eigenvalue weighted by molar-refractivity contribution is -0.138. The van der Waals surface area contributed by atoms with Crippen LogP contribution >= 0.6 is 11.8 Å². The van der Waals surface area contributed by atoms with Crippen molar-refractivity contribution in [2.75, 3.05) is 4.90 Å². The van der Waals surface area contributed by atoms with Gasteiger partial charge in [0.2, 0.25) is 5.91 Å². The topological polar surface area (TPSA) is 117 Å². The molecule has 9 nitrogen and oxygen atoms in total. The first-order chi connectivity index (χ1) is 12.5. The Morgan fingerprint density at radius 3 is 2.96 bits per heavy atom. The standard InChI is InChI=1S/C16H15N5O4S/c22-13-5-6-16(21(13)11-3-1-2-4-12(11)26-16)15(25)17-7-10-8-20(19-18-10)9-14(23)24/h1-4,8H,5-7,9H2,(H,17,25)(H,23,24). The van der Waals surface area contributed by atoms with E-state index in [1.807, 2.05) is 24.3 Å². The summed E-state index contributed by atoms with van der Waals surface area (Å²) >= 11 is 1.39. The zero-order valence-corrected chi connectivity index (χ0v) is 14.4. The van der Waals surface area contributed by atoms with Crippen molar-refractivity contribution >= 4 is 35.2 Å². The summed E-state index contributed by atoms with van der Waals surface area (Å²) in [5.74, 6) is -1.35. The zero-order chi connectivity index (χ0) is 18.3. The number of anilines is 1. The molecule has 1 aromatic carbocycles.